The van der Waals surface area contributed by atoms with E-state index in [1.165, 1.54) is 0 Å². The molecule has 0 spiro atoms. The minimum absolute atomic E-state index is 0.0219. The summed E-state index contributed by atoms with van der Waals surface area (Å²) in [4.78, 5) is 24.6. The van der Waals surface area contributed by atoms with Crippen molar-refractivity contribution in [1.29, 1.82) is 0 Å². The lowest BCUT2D eigenvalue weighted by molar-refractivity contribution is -0.279. The first-order chi connectivity index (χ1) is 13.1. The lowest BCUT2D eigenvalue weighted by Crippen LogP contribution is -2.49. The van der Waals surface area contributed by atoms with Crippen molar-refractivity contribution >= 4 is 11.6 Å². The molecule has 8 atom stereocenters. The van der Waals surface area contributed by atoms with Gasteiger partial charge in [0.15, 0.2) is 36.4 Å². The number of fused-ring (bicyclic) bond motifs is 2. The number of ether oxygens (including phenoxy) is 5. The lowest BCUT2D eigenvalue weighted by Gasteiger charge is -2.32. The first-order valence-electron chi connectivity index (χ1n) is 10.5. The molecule has 7 heteroatoms. The summed E-state index contributed by atoms with van der Waals surface area (Å²) in [5.41, 5.74) is 0. The molecule has 7 nitrogen and oxygen atoms in total. The molecule has 4 saturated heterocycles. The summed E-state index contributed by atoms with van der Waals surface area (Å²) in [6.45, 7) is 4.25. The molecule has 4 rings (SSSR count). The Morgan fingerprint density at radius 2 is 1.15 bits per heavy atom. The maximum absolute atomic E-state index is 12.3. The second kappa shape index (κ2) is 8.25. The molecule has 152 valence electrons. The zero-order valence-corrected chi connectivity index (χ0v) is 16.1. The number of hydrogen-bond donors (Lipinski definition) is 0. The first kappa shape index (κ1) is 19.5. The van der Waals surface area contributed by atoms with Crippen molar-refractivity contribution in [1.82, 2.24) is 0 Å². The van der Waals surface area contributed by atoms with E-state index in [1.807, 2.05) is 0 Å². The summed E-state index contributed by atoms with van der Waals surface area (Å²) in [7, 11) is 0. The fourth-order valence-electron chi connectivity index (χ4n) is 4.03. The molecule has 0 aromatic rings. The monoisotopic (exact) mass is 382 g/mol. The predicted molar refractivity (Wildman–Crippen MR) is 94.0 cm³/mol. The highest BCUT2D eigenvalue weighted by atomic mass is 16.8. The van der Waals surface area contributed by atoms with Crippen LogP contribution in [0.4, 0.5) is 0 Å². The van der Waals surface area contributed by atoms with E-state index in [2.05, 4.69) is 13.8 Å². The Morgan fingerprint density at radius 1 is 0.704 bits per heavy atom. The smallest absolute Gasteiger partial charge is 0.193 e. The maximum Gasteiger partial charge on any atom is 0.193 e. The second-order valence-electron chi connectivity index (χ2n) is 7.96. The molecule has 0 amide bonds. The molecule has 0 aliphatic carbocycles. The molecule has 4 fully saturated rings. The van der Waals surface area contributed by atoms with Crippen molar-refractivity contribution in [2.24, 2.45) is 0 Å². The van der Waals surface area contributed by atoms with Crippen molar-refractivity contribution in [3.63, 3.8) is 0 Å². The van der Waals surface area contributed by atoms with Gasteiger partial charge in [-0.1, -0.05) is 52.4 Å². The van der Waals surface area contributed by atoms with E-state index in [0.29, 0.717) is 12.8 Å². The summed E-state index contributed by atoms with van der Waals surface area (Å²) in [6.07, 6.45) is 3.77. The zero-order valence-electron chi connectivity index (χ0n) is 16.1. The topological polar surface area (TPSA) is 86.9 Å². The molecule has 0 bridgehead atoms. The highest BCUT2D eigenvalue weighted by Gasteiger charge is 2.62. The van der Waals surface area contributed by atoms with Gasteiger partial charge in [0.25, 0.3) is 0 Å². The van der Waals surface area contributed by atoms with Crippen molar-refractivity contribution in [2.45, 2.75) is 114 Å². The van der Waals surface area contributed by atoms with Crippen LogP contribution in [0, 0.1) is 0 Å². The van der Waals surface area contributed by atoms with E-state index in [0.717, 1.165) is 38.5 Å². The van der Waals surface area contributed by atoms with Crippen molar-refractivity contribution in [3.05, 3.63) is 0 Å². The van der Waals surface area contributed by atoms with Gasteiger partial charge in [0.1, 0.15) is 24.4 Å². The number of rotatable bonds is 10. The molecule has 4 aliphatic rings. The van der Waals surface area contributed by atoms with E-state index < -0.39 is 37.0 Å². The van der Waals surface area contributed by atoms with E-state index in [1.54, 1.807) is 0 Å². The van der Waals surface area contributed by atoms with Gasteiger partial charge in [-0.2, -0.15) is 0 Å². The van der Waals surface area contributed by atoms with Gasteiger partial charge < -0.3 is 23.7 Å². The van der Waals surface area contributed by atoms with Crippen LogP contribution in [-0.2, 0) is 33.3 Å². The average Bonchev–Trinajstić information content (AvgIpc) is 3.54. The third-order valence-electron chi connectivity index (χ3n) is 5.79. The highest BCUT2D eigenvalue weighted by Crippen LogP contribution is 2.41. The predicted octanol–water partition coefficient (Wildman–Crippen LogP) is 2.29. The van der Waals surface area contributed by atoms with E-state index in [4.69, 9.17) is 23.7 Å². The lowest BCUT2D eigenvalue weighted by atomic mass is 10.0. The third kappa shape index (κ3) is 4.12. The molecule has 0 aromatic heterocycles. The van der Waals surface area contributed by atoms with Crippen LogP contribution >= 0.6 is 0 Å². The van der Waals surface area contributed by atoms with Crippen LogP contribution in [0.2, 0.25) is 0 Å². The number of epoxide rings is 2. The van der Waals surface area contributed by atoms with Crippen LogP contribution in [0.3, 0.4) is 0 Å². The van der Waals surface area contributed by atoms with Gasteiger partial charge in [0.05, 0.1) is 0 Å². The quantitative estimate of drug-likeness (QED) is 0.423. The molecule has 0 radical (unpaired) electrons. The normalized spacial score (nSPS) is 42.6. The van der Waals surface area contributed by atoms with Gasteiger partial charge in [0, 0.05) is 0 Å². The van der Waals surface area contributed by atoms with Crippen LogP contribution < -0.4 is 0 Å². The van der Waals surface area contributed by atoms with E-state index >= 15 is 0 Å². The minimum atomic E-state index is -0.640. The molecule has 0 N–H and O–H groups in total. The Kier molecular flexibility index (Phi) is 5.94. The van der Waals surface area contributed by atoms with Crippen LogP contribution in [0.1, 0.15) is 65.2 Å². The minimum Gasteiger partial charge on any atom is -0.356 e. The number of ketones is 2. The number of carbonyl (C=O) groups excluding carboxylic acids is 2. The van der Waals surface area contributed by atoms with Crippen LogP contribution in [0.25, 0.3) is 0 Å². The first-order valence-corrected chi connectivity index (χ1v) is 10.5. The van der Waals surface area contributed by atoms with Gasteiger partial charge in [-0.15, -0.1) is 0 Å². The Morgan fingerprint density at radius 3 is 1.56 bits per heavy atom. The number of Topliss-reactive ketones (excluding diaryl/α,β-unsaturated/α-hetero) is 2. The van der Waals surface area contributed by atoms with E-state index in [-0.39, 0.29) is 23.8 Å². The van der Waals surface area contributed by atoms with Crippen molar-refractivity contribution in [2.75, 3.05) is 0 Å². The largest absolute Gasteiger partial charge is 0.356 e. The Bertz CT molecular complexity index is 517. The number of unbranched alkanes of at least 4 members (excludes halogenated alkanes) is 4. The van der Waals surface area contributed by atoms with Gasteiger partial charge in [0.2, 0.25) is 0 Å². The average molecular weight is 382 g/mol. The summed E-state index contributed by atoms with van der Waals surface area (Å²) < 4.78 is 28.8. The number of hydrogen-bond acceptors (Lipinski definition) is 7. The van der Waals surface area contributed by atoms with Crippen molar-refractivity contribution in [3.8, 4) is 0 Å². The zero-order chi connectivity index (χ0) is 19.0. The van der Waals surface area contributed by atoms with Crippen LogP contribution in [-0.4, -0.2) is 60.8 Å². The van der Waals surface area contributed by atoms with E-state index in [9.17, 15) is 9.59 Å². The Labute approximate surface area is 160 Å². The molecule has 0 aromatic carbocycles. The van der Waals surface area contributed by atoms with Gasteiger partial charge >= 0.3 is 0 Å². The second-order valence-corrected chi connectivity index (χ2v) is 7.96. The molecule has 4 heterocycles. The number of carbonyl (C=O) groups is 2. The summed E-state index contributed by atoms with van der Waals surface area (Å²) in [5, 5.41) is 0. The fourth-order valence-corrected chi connectivity index (χ4v) is 4.03. The Hall–Kier alpha value is -0.860. The summed E-state index contributed by atoms with van der Waals surface area (Å²) in [6, 6.07) is 0. The standard InChI is InChI=1S/C20H30O7/c1-3-5-7-9-11-13(21)15-17(25-15)19(23-11)27-20-18-16(26-18)14(22)12(24-20)10-8-6-4-2/h11-12,15-20H,3-10H2,1-2H3. The van der Waals surface area contributed by atoms with Crippen LogP contribution in [0.15, 0.2) is 0 Å². The van der Waals surface area contributed by atoms with Gasteiger partial charge in [-0.25, -0.2) is 0 Å². The fraction of sp³-hybridized carbons (Fsp3) is 0.900. The summed E-state index contributed by atoms with van der Waals surface area (Å²) in [5.74, 6) is 0.0439. The molecule has 27 heavy (non-hydrogen) atoms. The third-order valence-corrected chi connectivity index (χ3v) is 5.79. The van der Waals surface area contributed by atoms with Crippen molar-refractivity contribution < 1.29 is 33.3 Å². The Balaban J connectivity index is 1.33. The van der Waals surface area contributed by atoms with Gasteiger partial charge in [-0.05, 0) is 12.8 Å². The molecule has 0 saturated carbocycles. The maximum atomic E-state index is 12.3. The summed E-state index contributed by atoms with van der Waals surface area (Å²) >= 11 is 0. The van der Waals surface area contributed by atoms with Crippen LogP contribution in [0.5, 0.6) is 0 Å². The SMILES string of the molecule is CCCCCC1OC(OC2OC(CCCCC)C(=O)C3OC23)C2OC2C1=O. The molecule has 8 unspecified atom stereocenters. The van der Waals surface area contributed by atoms with Gasteiger partial charge in [-0.3, -0.25) is 9.59 Å². The molecular formula is C20H30O7. The molecular weight excluding hydrogens is 352 g/mol. The highest BCUT2D eigenvalue weighted by molar-refractivity contribution is 5.91. The molecule has 4 aliphatic heterocycles.